The number of hydrogen-bond donors (Lipinski definition) is 2. The predicted octanol–water partition coefficient (Wildman–Crippen LogP) is 2.11. The first kappa shape index (κ1) is 12.7. The van der Waals surface area contributed by atoms with E-state index in [1.165, 1.54) is 18.2 Å². The molecule has 0 atom stereocenters. The maximum atomic E-state index is 12.1. The molecule has 0 radical (unpaired) electrons. The second-order valence-electron chi connectivity index (χ2n) is 3.83. The van der Waals surface area contributed by atoms with Crippen LogP contribution in [0.15, 0.2) is 48.5 Å². The van der Waals surface area contributed by atoms with Crippen molar-refractivity contribution in [1.82, 2.24) is 0 Å². The number of ketones is 1. The molecule has 0 spiro atoms. The van der Waals surface area contributed by atoms with E-state index in [0.717, 1.165) is 0 Å². The maximum Gasteiger partial charge on any atom is 0.294 e. The van der Waals surface area contributed by atoms with E-state index in [0.29, 0.717) is 5.56 Å². The molecular formula is C13H11N3O3. The molecule has 2 rings (SSSR count). The zero-order chi connectivity index (χ0) is 13.8. The van der Waals surface area contributed by atoms with Crippen molar-refractivity contribution < 1.29 is 9.72 Å². The lowest BCUT2D eigenvalue weighted by molar-refractivity contribution is -0.384. The number of nitro groups is 1. The quantitative estimate of drug-likeness (QED) is 0.378. The van der Waals surface area contributed by atoms with Crippen molar-refractivity contribution in [3.63, 3.8) is 0 Å². The Hall–Kier alpha value is -2.73. The fourth-order valence-corrected chi connectivity index (χ4v) is 1.70. The first-order valence-electron chi connectivity index (χ1n) is 5.48. The summed E-state index contributed by atoms with van der Waals surface area (Å²) < 4.78 is 0. The third-order valence-electron chi connectivity index (χ3n) is 2.65. The Labute approximate surface area is 109 Å². The van der Waals surface area contributed by atoms with Crippen LogP contribution in [0.2, 0.25) is 0 Å². The maximum absolute atomic E-state index is 12.1. The van der Waals surface area contributed by atoms with Gasteiger partial charge in [-0.25, -0.2) is 0 Å². The Morgan fingerprint density at radius 3 is 2.37 bits per heavy atom. The summed E-state index contributed by atoms with van der Waals surface area (Å²) in [6.07, 6.45) is 0. The average Bonchev–Trinajstić information content (AvgIpc) is 2.46. The number of carbonyl (C=O) groups is 1. The third-order valence-corrected chi connectivity index (χ3v) is 2.65. The highest BCUT2D eigenvalue weighted by Crippen LogP contribution is 2.25. The predicted molar refractivity (Wildman–Crippen MR) is 70.8 cm³/mol. The number of carbonyl (C=O) groups excluding carboxylic acids is 1. The van der Waals surface area contributed by atoms with Gasteiger partial charge in [0.1, 0.15) is 5.69 Å². The van der Waals surface area contributed by atoms with Crippen LogP contribution in [0.1, 0.15) is 15.9 Å². The van der Waals surface area contributed by atoms with Crippen LogP contribution < -0.4 is 11.3 Å². The van der Waals surface area contributed by atoms with E-state index < -0.39 is 4.92 Å². The van der Waals surface area contributed by atoms with Crippen molar-refractivity contribution in [1.29, 1.82) is 0 Å². The lowest BCUT2D eigenvalue weighted by Gasteiger charge is -2.05. The van der Waals surface area contributed by atoms with Gasteiger partial charge in [0.25, 0.3) is 5.69 Å². The van der Waals surface area contributed by atoms with Crippen LogP contribution in [-0.4, -0.2) is 10.7 Å². The van der Waals surface area contributed by atoms with Crippen LogP contribution in [0.5, 0.6) is 0 Å². The molecular weight excluding hydrogens is 246 g/mol. The van der Waals surface area contributed by atoms with E-state index in [1.54, 1.807) is 30.3 Å². The molecule has 6 nitrogen and oxygen atoms in total. The summed E-state index contributed by atoms with van der Waals surface area (Å²) in [7, 11) is 0. The van der Waals surface area contributed by atoms with Crippen molar-refractivity contribution in [2.45, 2.75) is 0 Å². The molecule has 0 heterocycles. The minimum Gasteiger partial charge on any atom is -0.318 e. The molecule has 2 aromatic carbocycles. The minimum atomic E-state index is -0.586. The first-order chi connectivity index (χ1) is 9.13. The zero-order valence-corrected chi connectivity index (χ0v) is 9.87. The standard InChI is InChI=1S/C13H11N3O3/c14-15-11-7-6-10(8-12(11)16(18)19)13(17)9-4-2-1-3-5-9/h1-8,15H,14H2. The Kier molecular flexibility index (Phi) is 3.53. The van der Waals surface area contributed by atoms with Gasteiger partial charge in [0, 0.05) is 17.2 Å². The fraction of sp³-hybridized carbons (Fsp3) is 0. The van der Waals surface area contributed by atoms with Gasteiger partial charge in [-0.05, 0) is 12.1 Å². The summed E-state index contributed by atoms with van der Waals surface area (Å²) in [6, 6.07) is 12.7. The number of nitro benzene ring substituents is 1. The van der Waals surface area contributed by atoms with Crippen LogP contribution in [0.3, 0.4) is 0 Å². The molecule has 0 aliphatic rings. The molecule has 2 aromatic rings. The van der Waals surface area contributed by atoms with Crippen LogP contribution >= 0.6 is 0 Å². The van der Waals surface area contributed by atoms with Crippen molar-refractivity contribution >= 4 is 17.2 Å². The zero-order valence-electron chi connectivity index (χ0n) is 9.87. The summed E-state index contributed by atoms with van der Waals surface area (Å²) in [5.74, 6) is 4.92. The highest BCUT2D eigenvalue weighted by molar-refractivity contribution is 6.09. The topological polar surface area (TPSA) is 98.3 Å². The van der Waals surface area contributed by atoms with Gasteiger partial charge in [0.15, 0.2) is 5.78 Å². The number of anilines is 1. The minimum absolute atomic E-state index is 0.162. The number of nitrogens with one attached hydrogen (secondary N) is 1. The van der Waals surface area contributed by atoms with Crippen LogP contribution in [0.25, 0.3) is 0 Å². The Morgan fingerprint density at radius 1 is 1.11 bits per heavy atom. The van der Waals surface area contributed by atoms with Gasteiger partial charge in [-0.3, -0.25) is 20.8 Å². The molecule has 0 aliphatic heterocycles. The van der Waals surface area contributed by atoms with Crippen LogP contribution in [0, 0.1) is 10.1 Å². The SMILES string of the molecule is NNc1ccc(C(=O)c2ccccc2)cc1[N+](=O)[O-]. The molecule has 19 heavy (non-hydrogen) atoms. The second kappa shape index (κ2) is 5.28. The Balaban J connectivity index is 2.44. The van der Waals surface area contributed by atoms with Gasteiger partial charge in [-0.1, -0.05) is 30.3 Å². The molecule has 0 aromatic heterocycles. The van der Waals surface area contributed by atoms with Crippen molar-refractivity contribution in [2.75, 3.05) is 5.43 Å². The Morgan fingerprint density at radius 2 is 1.79 bits per heavy atom. The highest BCUT2D eigenvalue weighted by Gasteiger charge is 2.17. The van der Waals surface area contributed by atoms with Crippen LogP contribution in [-0.2, 0) is 0 Å². The van der Waals surface area contributed by atoms with E-state index in [1.807, 2.05) is 0 Å². The summed E-state index contributed by atoms with van der Waals surface area (Å²) >= 11 is 0. The number of hydrazine groups is 1. The van der Waals surface area contributed by atoms with Crippen molar-refractivity contribution in [2.24, 2.45) is 5.84 Å². The molecule has 0 saturated carbocycles. The van der Waals surface area contributed by atoms with Gasteiger partial charge < -0.3 is 5.43 Å². The summed E-state index contributed by atoms with van der Waals surface area (Å²) in [6.45, 7) is 0. The van der Waals surface area contributed by atoms with Gasteiger partial charge >= 0.3 is 0 Å². The monoisotopic (exact) mass is 257 g/mol. The molecule has 96 valence electrons. The second-order valence-corrected chi connectivity index (χ2v) is 3.83. The summed E-state index contributed by atoms with van der Waals surface area (Å²) in [5, 5.41) is 10.9. The average molecular weight is 257 g/mol. The van der Waals surface area contributed by atoms with Gasteiger partial charge in [-0.15, -0.1) is 0 Å². The molecule has 0 unspecified atom stereocenters. The smallest absolute Gasteiger partial charge is 0.294 e. The van der Waals surface area contributed by atoms with E-state index >= 15 is 0 Å². The molecule has 3 N–H and O–H groups in total. The summed E-state index contributed by atoms with van der Waals surface area (Å²) in [4.78, 5) is 22.5. The molecule has 0 aliphatic carbocycles. The van der Waals surface area contributed by atoms with E-state index in [-0.39, 0.29) is 22.7 Å². The number of nitrogens with two attached hydrogens (primary N) is 1. The van der Waals surface area contributed by atoms with Crippen molar-refractivity contribution in [3.05, 3.63) is 69.8 Å². The number of nitrogen functional groups attached to an aromatic ring is 1. The number of nitrogens with zero attached hydrogens (tertiary/aromatic N) is 1. The molecule has 0 bridgehead atoms. The largest absolute Gasteiger partial charge is 0.318 e. The van der Waals surface area contributed by atoms with E-state index in [9.17, 15) is 14.9 Å². The molecule has 0 saturated heterocycles. The van der Waals surface area contributed by atoms with Gasteiger partial charge in [0.2, 0.25) is 0 Å². The Bertz CT molecular complexity index is 626. The third kappa shape index (κ3) is 2.58. The van der Waals surface area contributed by atoms with E-state index in [4.69, 9.17) is 5.84 Å². The molecule has 0 fully saturated rings. The molecule has 0 amide bonds. The van der Waals surface area contributed by atoms with E-state index in [2.05, 4.69) is 5.43 Å². The van der Waals surface area contributed by atoms with Crippen molar-refractivity contribution in [3.8, 4) is 0 Å². The highest BCUT2D eigenvalue weighted by atomic mass is 16.6. The van der Waals surface area contributed by atoms with Gasteiger partial charge in [0.05, 0.1) is 4.92 Å². The van der Waals surface area contributed by atoms with Gasteiger partial charge in [-0.2, -0.15) is 0 Å². The lowest BCUT2D eigenvalue weighted by Crippen LogP contribution is -2.10. The number of rotatable bonds is 4. The normalized spacial score (nSPS) is 9.95. The van der Waals surface area contributed by atoms with Crippen LogP contribution in [0.4, 0.5) is 11.4 Å². The summed E-state index contributed by atoms with van der Waals surface area (Å²) in [5.41, 5.74) is 2.88. The number of benzene rings is 2. The first-order valence-corrected chi connectivity index (χ1v) is 5.48. The fourth-order valence-electron chi connectivity index (χ4n) is 1.70. The number of hydrogen-bond acceptors (Lipinski definition) is 5. The lowest BCUT2D eigenvalue weighted by atomic mass is 10.0. The molecule has 6 heteroatoms.